The molecule has 3 heteroatoms. The molecule has 0 saturated carbocycles. The number of ether oxygens (including phenoxy) is 3. The van der Waals surface area contributed by atoms with E-state index in [0.29, 0.717) is 6.42 Å². The van der Waals surface area contributed by atoms with E-state index in [1.165, 1.54) is 16.7 Å². The Balaban J connectivity index is 3.04. The Hall–Kier alpha value is -0.900. The van der Waals surface area contributed by atoms with Gasteiger partial charge in [0.05, 0.1) is 6.42 Å². The molecule has 108 valence electrons. The second-order valence-electron chi connectivity index (χ2n) is 5.86. The fourth-order valence-corrected chi connectivity index (χ4v) is 2.06. The minimum absolute atomic E-state index is 0.157. The predicted octanol–water partition coefficient (Wildman–Crippen LogP) is 3.43. The summed E-state index contributed by atoms with van der Waals surface area (Å²) < 4.78 is 16.0. The number of hydrogen-bond donors (Lipinski definition) is 0. The number of benzene rings is 1. The maximum atomic E-state index is 5.35. The molecule has 1 aromatic rings. The Labute approximate surface area is 116 Å². The highest BCUT2D eigenvalue weighted by Crippen LogP contribution is 2.27. The van der Waals surface area contributed by atoms with Crippen molar-refractivity contribution in [3.8, 4) is 0 Å². The normalized spacial score (nSPS) is 12.8. The molecule has 0 N–H and O–H groups in total. The fourth-order valence-electron chi connectivity index (χ4n) is 2.06. The van der Waals surface area contributed by atoms with Gasteiger partial charge in [-0.05, 0) is 29.0 Å². The Kier molecular flexibility index (Phi) is 5.13. The van der Waals surface area contributed by atoms with E-state index in [-0.39, 0.29) is 5.41 Å². The average molecular weight is 266 g/mol. The Morgan fingerprint density at radius 1 is 0.947 bits per heavy atom. The lowest BCUT2D eigenvalue weighted by molar-refractivity contribution is -0.351. The molecule has 19 heavy (non-hydrogen) atoms. The zero-order valence-electron chi connectivity index (χ0n) is 13.2. The summed E-state index contributed by atoms with van der Waals surface area (Å²) in [7, 11) is 4.77. The van der Waals surface area contributed by atoms with Crippen molar-refractivity contribution in [1.29, 1.82) is 0 Å². The van der Waals surface area contributed by atoms with E-state index < -0.39 is 5.97 Å². The summed E-state index contributed by atoms with van der Waals surface area (Å²) in [5, 5.41) is 0. The van der Waals surface area contributed by atoms with Gasteiger partial charge in [-0.1, -0.05) is 39.0 Å². The quantitative estimate of drug-likeness (QED) is 0.764. The third kappa shape index (κ3) is 3.78. The van der Waals surface area contributed by atoms with Gasteiger partial charge in [-0.25, -0.2) is 0 Å². The Morgan fingerprint density at radius 2 is 1.47 bits per heavy atom. The first-order chi connectivity index (χ1) is 8.78. The first kappa shape index (κ1) is 16.2. The van der Waals surface area contributed by atoms with Crippen molar-refractivity contribution < 1.29 is 14.2 Å². The van der Waals surface area contributed by atoms with Crippen LogP contribution in [0.2, 0.25) is 0 Å². The summed E-state index contributed by atoms with van der Waals surface area (Å²) in [5.41, 5.74) is 3.87. The zero-order chi connectivity index (χ0) is 14.7. The van der Waals surface area contributed by atoms with E-state index in [1.54, 1.807) is 21.3 Å². The van der Waals surface area contributed by atoms with Crippen LogP contribution >= 0.6 is 0 Å². The smallest absolute Gasteiger partial charge is 0.286 e. The first-order valence-electron chi connectivity index (χ1n) is 6.53. The van der Waals surface area contributed by atoms with Gasteiger partial charge < -0.3 is 14.2 Å². The van der Waals surface area contributed by atoms with Gasteiger partial charge in [0.15, 0.2) is 0 Å². The molecule has 0 amide bonds. The summed E-state index contributed by atoms with van der Waals surface area (Å²) in [6, 6.07) is 6.51. The van der Waals surface area contributed by atoms with Gasteiger partial charge in [-0.3, -0.25) is 0 Å². The lowest BCUT2D eigenvalue weighted by atomic mass is 9.85. The second-order valence-corrected chi connectivity index (χ2v) is 5.86. The third-order valence-corrected chi connectivity index (χ3v) is 3.55. The molecular weight excluding hydrogens is 240 g/mol. The standard InChI is InChI=1S/C16H26O3/c1-12-10-14(15(2,3)4)9-8-13(12)11-16(17-5,18-6)19-7/h8-10H,11H2,1-7H3. The second kappa shape index (κ2) is 6.04. The van der Waals surface area contributed by atoms with Crippen molar-refractivity contribution in [1.82, 2.24) is 0 Å². The van der Waals surface area contributed by atoms with Gasteiger partial charge >= 0.3 is 0 Å². The zero-order valence-corrected chi connectivity index (χ0v) is 13.2. The molecule has 0 fully saturated rings. The highest BCUT2D eigenvalue weighted by atomic mass is 16.9. The van der Waals surface area contributed by atoms with Crippen LogP contribution in [-0.2, 0) is 26.0 Å². The van der Waals surface area contributed by atoms with Gasteiger partial charge in [0.25, 0.3) is 5.97 Å². The summed E-state index contributed by atoms with van der Waals surface area (Å²) in [6.45, 7) is 8.75. The number of aryl methyl sites for hydroxylation is 1. The van der Waals surface area contributed by atoms with Crippen LogP contribution in [0.25, 0.3) is 0 Å². The van der Waals surface area contributed by atoms with Crippen LogP contribution < -0.4 is 0 Å². The van der Waals surface area contributed by atoms with Gasteiger partial charge in [0, 0.05) is 21.3 Å². The van der Waals surface area contributed by atoms with Gasteiger partial charge in [0.1, 0.15) is 0 Å². The topological polar surface area (TPSA) is 27.7 Å². The molecule has 0 unspecified atom stereocenters. The lowest BCUT2D eigenvalue weighted by Gasteiger charge is -2.29. The molecule has 0 radical (unpaired) electrons. The maximum Gasteiger partial charge on any atom is 0.286 e. The highest BCUT2D eigenvalue weighted by molar-refractivity contribution is 5.34. The van der Waals surface area contributed by atoms with Crippen LogP contribution in [0.15, 0.2) is 18.2 Å². The number of hydrogen-bond acceptors (Lipinski definition) is 3. The molecule has 0 saturated heterocycles. The molecule has 0 aliphatic rings. The molecule has 0 bridgehead atoms. The van der Waals surface area contributed by atoms with E-state index >= 15 is 0 Å². The van der Waals surface area contributed by atoms with Crippen LogP contribution in [0.1, 0.15) is 37.5 Å². The van der Waals surface area contributed by atoms with Crippen molar-refractivity contribution in [2.75, 3.05) is 21.3 Å². The summed E-state index contributed by atoms with van der Waals surface area (Å²) in [4.78, 5) is 0. The molecule has 0 heterocycles. The number of methoxy groups -OCH3 is 3. The Morgan fingerprint density at radius 3 is 1.84 bits per heavy atom. The minimum atomic E-state index is -1.01. The summed E-state index contributed by atoms with van der Waals surface area (Å²) in [5.74, 6) is -1.01. The van der Waals surface area contributed by atoms with E-state index in [1.807, 2.05) is 0 Å². The molecule has 0 aliphatic carbocycles. The monoisotopic (exact) mass is 266 g/mol. The molecular formula is C16H26O3. The van der Waals surface area contributed by atoms with Crippen LogP contribution in [0, 0.1) is 6.92 Å². The first-order valence-corrected chi connectivity index (χ1v) is 6.53. The van der Waals surface area contributed by atoms with Crippen LogP contribution in [0.4, 0.5) is 0 Å². The summed E-state index contributed by atoms with van der Waals surface area (Å²) in [6.07, 6.45) is 0.562. The largest absolute Gasteiger partial charge is 0.331 e. The molecule has 3 nitrogen and oxygen atoms in total. The lowest BCUT2D eigenvalue weighted by Crippen LogP contribution is -2.38. The third-order valence-electron chi connectivity index (χ3n) is 3.55. The van der Waals surface area contributed by atoms with Crippen LogP contribution in [0.3, 0.4) is 0 Å². The van der Waals surface area contributed by atoms with Crippen molar-refractivity contribution in [3.63, 3.8) is 0 Å². The van der Waals surface area contributed by atoms with Crippen LogP contribution in [0.5, 0.6) is 0 Å². The van der Waals surface area contributed by atoms with Gasteiger partial charge in [-0.15, -0.1) is 0 Å². The summed E-state index contributed by atoms with van der Waals surface area (Å²) >= 11 is 0. The molecule has 0 spiro atoms. The Bertz CT molecular complexity index is 406. The average Bonchev–Trinajstić information content (AvgIpc) is 2.37. The maximum absolute atomic E-state index is 5.35. The fraction of sp³-hybridized carbons (Fsp3) is 0.625. The van der Waals surface area contributed by atoms with Gasteiger partial charge in [0.2, 0.25) is 0 Å². The molecule has 0 atom stereocenters. The van der Waals surface area contributed by atoms with E-state index in [9.17, 15) is 0 Å². The molecule has 1 rings (SSSR count). The molecule has 0 aromatic heterocycles. The SMILES string of the molecule is COC(Cc1ccc(C(C)(C)C)cc1C)(OC)OC. The number of rotatable bonds is 5. The van der Waals surface area contributed by atoms with E-state index in [4.69, 9.17) is 14.2 Å². The van der Waals surface area contributed by atoms with Crippen molar-refractivity contribution in [3.05, 3.63) is 34.9 Å². The van der Waals surface area contributed by atoms with Gasteiger partial charge in [-0.2, -0.15) is 0 Å². The predicted molar refractivity (Wildman–Crippen MR) is 77.3 cm³/mol. The highest BCUT2D eigenvalue weighted by Gasteiger charge is 2.30. The van der Waals surface area contributed by atoms with E-state index in [2.05, 4.69) is 45.9 Å². The molecule has 1 aromatic carbocycles. The molecule has 0 aliphatic heterocycles. The van der Waals surface area contributed by atoms with E-state index in [0.717, 1.165) is 0 Å². The minimum Gasteiger partial charge on any atom is -0.331 e. The van der Waals surface area contributed by atoms with Crippen molar-refractivity contribution in [2.45, 2.75) is 45.5 Å². The van der Waals surface area contributed by atoms with Crippen LogP contribution in [-0.4, -0.2) is 27.3 Å². The van der Waals surface area contributed by atoms with Crippen molar-refractivity contribution >= 4 is 0 Å². The van der Waals surface area contributed by atoms with Crippen molar-refractivity contribution in [2.24, 2.45) is 0 Å².